The molecule has 0 spiro atoms. The molecule has 0 aliphatic carbocycles. The van der Waals surface area contributed by atoms with Gasteiger partial charge in [-0.25, -0.2) is 0 Å². The van der Waals surface area contributed by atoms with Crippen molar-refractivity contribution in [3.05, 3.63) is 0 Å². The van der Waals surface area contributed by atoms with E-state index in [2.05, 4.69) is 5.32 Å². The molecule has 1 atom stereocenters. The SMILES string of the molecule is CCC(=O)NCC([CH2][Hg][Cl])OC. The van der Waals surface area contributed by atoms with E-state index in [-0.39, 0.29) is 12.0 Å². The summed E-state index contributed by atoms with van der Waals surface area (Å²) >= 11 is -1.13. The second-order valence-electron chi connectivity index (χ2n) is 2.49. The molecule has 0 saturated carbocycles. The van der Waals surface area contributed by atoms with Crippen molar-refractivity contribution < 1.29 is 32.9 Å². The van der Waals surface area contributed by atoms with Gasteiger partial charge in [0.15, 0.2) is 0 Å². The third kappa shape index (κ3) is 6.20. The number of ether oxygens (including phenoxy) is 1. The van der Waals surface area contributed by atoms with E-state index in [1.165, 1.54) is 0 Å². The number of carbonyl (C=O) groups excluding carboxylic acids is 1. The van der Waals surface area contributed by atoms with Crippen LogP contribution in [0.5, 0.6) is 0 Å². The molecule has 3 nitrogen and oxygen atoms in total. The molecule has 0 aromatic rings. The Hall–Kier alpha value is 0.655. The molecule has 0 fully saturated rings. The molecule has 1 amide bonds. The van der Waals surface area contributed by atoms with Crippen LogP contribution in [0.25, 0.3) is 0 Å². The molecule has 0 saturated heterocycles. The fraction of sp³-hybridized carbons (Fsp3) is 0.857. The zero-order valence-electron chi connectivity index (χ0n) is 7.60. The van der Waals surface area contributed by atoms with E-state index in [0.29, 0.717) is 13.0 Å². The number of hydrogen-bond donors (Lipinski definition) is 1. The van der Waals surface area contributed by atoms with Gasteiger partial charge < -0.3 is 0 Å². The van der Waals surface area contributed by atoms with E-state index < -0.39 is 23.3 Å². The fourth-order valence-electron chi connectivity index (χ4n) is 0.778. The molecule has 0 aromatic heterocycles. The maximum atomic E-state index is 10.9. The second-order valence-corrected chi connectivity index (χ2v) is 9.52. The average Bonchev–Trinajstić information content (AvgIpc) is 2.11. The van der Waals surface area contributed by atoms with Crippen LogP contribution in [0.4, 0.5) is 0 Å². The third-order valence-electron chi connectivity index (χ3n) is 1.61. The molecule has 0 bridgehead atoms. The van der Waals surface area contributed by atoms with E-state index in [1.54, 1.807) is 7.11 Å². The summed E-state index contributed by atoms with van der Waals surface area (Å²) in [5.74, 6) is 0.0725. The Morgan fingerprint density at radius 3 is 2.83 bits per heavy atom. The van der Waals surface area contributed by atoms with Crippen LogP contribution >= 0.6 is 8.25 Å². The summed E-state index contributed by atoms with van der Waals surface area (Å²) in [7, 11) is 7.41. The summed E-state index contributed by atoms with van der Waals surface area (Å²) < 4.78 is 6.13. The third-order valence-corrected chi connectivity index (χ3v) is 6.88. The summed E-state index contributed by atoms with van der Waals surface area (Å²) in [6.07, 6.45) is 0.668. The summed E-state index contributed by atoms with van der Waals surface area (Å²) in [4.78, 5) is 10.9. The maximum absolute atomic E-state index is 10.9. The van der Waals surface area contributed by atoms with Gasteiger partial charge in [-0.2, -0.15) is 0 Å². The van der Waals surface area contributed by atoms with Gasteiger partial charge in [0.05, 0.1) is 0 Å². The van der Waals surface area contributed by atoms with Crippen LogP contribution in [-0.2, 0) is 32.9 Å². The van der Waals surface area contributed by atoms with Crippen LogP contribution in [0.2, 0.25) is 3.93 Å². The van der Waals surface area contributed by atoms with Crippen molar-refractivity contribution in [2.24, 2.45) is 0 Å². The topological polar surface area (TPSA) is 38.3 Å². The monoisotopic (exact) mass is 381 g/mol. The van der Waals surface area contributed by atoms with Crippen LogP contribution in [0.3, 0.4) is 0 Å². The van der Waals surface area contributed by atoms with Gasteiger partial charge in [0.25, 0.3) is 0 Å². The van der Waals surface area contributed by atoms with E-state index in [9.17, 15) is 4.79 Å². The minimum absolute atomic E-state index is 0.0725. The van der Waals surface area contributed by atoms with Crippen molar-refractivity contribution in [1.82, 2.24) is 5.32 Å². The average molecular weight is 380 g/mol. The van der Waals surface area contributed by atoms with Gasteiger partial charge in [0.1, 0.15) is 0 Å². The van der Waals surface area contributed by atoms with Crippen molar-refractivity contribution in [3.63, 3.8) is 0 Å². The molecule has 12 heavy (non-hydrogen) atoms. The number of hydrogen-bond acceptors (Lipinski definition) is 2. The zero-order chi connectivity index (χ0) is 9.40. The van der Waals surface area contributed by atoms with Crippen LogP contribution in [0.15, 0.2) is 0 Å². The quantitative estimate of drug-likeness (QED) is 0.703. The van der Waals surface area contributed by atoms with Crippen LogP contribution < -0.4 is 5.32 Å². The standard InChI is InChI=1S/C7H14NO2.ClH.Hg/c1-4-7(9)8-5-6(2)10-3;;/h6H,2,4-5H2,1,3H3,(H,8,9);1H;/q;;+1/p-1. The molecule has 5 heteroatoms. The number of rotatable bonds is 6. The molecule has 1 unspecified atom stereocenters. The summed E-state index contributed by atoms with van der Waals surface area (Å²) in [6.45, 7) is 2.44. The molecule has 0 aromatic carbocycles. The molecule has 0 rings (SSSR count). The molecule has 1 N–H and O–H groups in total. The van der Waals surface area contributed by atoms with Gasteiger partial charge in [-0.15, -0.1) is 0 Å². The number of halogens is 1. The molecule has 68 valence electrons. The van der Waals surface area contributed by atoms with E-state index in [1.807, 2.05) is 6.92 Å². The van der Waals surface area contributed by atoms with Gasteiger partial charge in [0.2, 0.25) is 0 Å². The molecule has 0 heterocycles. The number of amides is 1. The Bertz CT molecular complexity index is 135. The Balaban J connectivity index is 3.50. The van der Waals surface area contributed by atoms with E-state index in [0.717, 1.165) is 3.93 Å². The summed E-state index contributed by atoms with van der Waals surface area (Å²) in [6, 6.07) is 0. The first-order valence-corrected chi connectivity index (χ1v) is 14.8. The minimum atomic E-state index is -1.13. The van der Waals surface area contributed by atoms with Gasteiger partial charge in [-0.05, 0) is 0 Å². The molecular weight excluding hydrogens is 366 g/mol. The molecule has 0 aliphatic rings. The summed E-state index contributed by atoms with van der Waals surface area (Å²) in [5, 5.41) is 2.78. The predicted molar refractivity (Wildman–Crippen MR) is 44.8 cm³/mol. The zero-order valence-corrected chi connectivity index (χ0v) is 13.9. The van der Waals surface area contributed by atoms with Crippen molar-refractivity contribution >= 4 is 14.2 Å². The Morgan fingerprint density at radius 1 is 1.75 bits per heavy atom. The molecular formula is C7H14ClHgNO2. The van der Waals surface area contributed by atoms with Gasteiger partial charge in [0, 0.05) is 0 Å². The summed E-state index contributed by atoms with van der Waals surface area (Å²) in [5.41, 5.74) is 0. The second kappa shape index (κ2) is 8.26. The predicted octanol–water partition coefficient (Wildman–Crippen LogP) is 1.18. The Labute approximate surface area is 89.1 Å². The molecule has 0 aliphatic heterocycles. The van der Waals surface area contributed by atoms with Crippen molar-refractivity contribution in [3.8, 4) is 0 Å². The first-order chi connectivity index (χ1) is 5.74. The van der Waals surface area contributed by atoms with Crippen LogP contribution in [0, 0.1) is 0 Å². The number of nitrogens with one attached hydrogen (secondary N) is 1. The van der Waals surface area contributed by atoms with E-state index in [4.69, 9.17) is 13.0 Å². The van der Waals surface area contributed by atoms with Gasteiger partial charge >= 0.3 is 89.4 Å². The van der Waals surface area contributed by atoms with Crippen LogP contribution in [-0.4, -0.2) is 25.7 Å². The van der Waals surface area contributed by atoms with Crippen molar-refractivity contribution in [1.29, 1.82) is 0 Å². The molecule has 0 radical (unpaired) electrons. The number of carbonyl (C=O) groups is 1. The first kappa shape index (κ1) is 12.7. The number of methoxy groups -OCH3 is 1. The fourth-order valence-corrected chi connectivity index (χ4v) is 5.57. The van der Waals surface area contributed by atoms with Gasteiger partial charge in [-0.3, -0.25) is 0 Å². The van der Waals surface area contributed by atoms with Crippen molar-refractivity contribution in [2.75, 3.05) is 13.7 Å². The Kier molecular flexibility index (Phi) is 8.71. The van der Waals surface area contributed by atoms with Crippen LogP contribution in [0.1, 0.15) is 13.3 Å². The Morgan fingerprint density at radius 2 is 2.42 bits per heavy atom. The van der Waals surface area contributed by atoms with Crippen molar-refractivity contribution in [2.45, 2.75) is 23.4 Å². The first-order valence-electron chi connectivity index (χ1n) is 4.10. The van der Waals surface area contributed by atoms with Gasteiger partial charge in [-0.1, -0.05) is 0 Å². The van der Waals surface area contributed by atoms with E-state index >= 15 is 0 Å². The normalized spacial score (nSPS) is 11.9.